The molecule has 1 aromatic carbocycles. The summed E-state index contributed by atoms with van der Waals surface area (Å²) in [5.41, 5.74) is 0.549. The number of aromatic nitrogens is 1. The maximum Gasteiger partial charge on any atom is 0.274 e. The number of anilines is 1. The van der Waals surface area contributed by atoms with Gasteiger partial charge in [-0.25, -0.2) is 0 Å². The number of amides is 1. The highest BCUT2D eigenvalue weighted by Crippen LogP contribution is 2.30. The molecule has 6 nitrogen and oxygen atoms in total. The van der Waals surface area contributed by atoms with Gasteiger partial charge in [0.25, 0.3) is 5.56 Å². The molecule has 2 aromatic rings. The number of halogens is 1. The van der Waals surface area contributed by atoms with E-state index in [4.69, 9.17) is 4.74 Å². The van der Waals surface area contributed by atoms with Gasteiger partial charge in [0, 0.05) is 13.3 Å². The SMILES string of the molecule is COCC1(C(=O)Nc2cccn(Cc3ccccc3)c2=O)CCNCC1.Cl. The molecule has 1 aromatic heterocycles. The van der Waals surface area contributed by atoms with Crippen molar-refractivity contribution < 1.29 is 9.53 Å². The summed E-state index contributed by atoms with van der Waals surface area (Å²) in [6, 6.07) is 13.2. The molecule has 0 aliphatic carbocycles. The van der Waals surface area contributed by atoms with E-state index in [0.717, 1.165) is 18.7 Å². The number of rotatable bonds is 6. The molecule has 0 unspecified atom stereocenters. The predicted octanol–water partition coefficient (Wildman–Crippen LogP) is 2.27. The van der Waals surface area contributed by atoms with Crippen molar-refractivity contribution in [1.82, 2.24) is 9.88 Å². The maximum absolute atomic E-state index is 12.9. The summed E-state index contributed by atoms with van der Waals surface area (Å²) >= 11 is 0. The zero-order chi connectivity index (χ0) is 18.4. The van der Waals surface area contributed by atoms with Crippen molar-refractivity contribution in [2.24, 2.45) is 5.41 Å². The van der Waals surface area contributed by atoms with Gasteiger partial charge in [0.1, 0.15) is 5.69 Å². The van der Waals surface area contributed by atoms with E-state index in [1.165, 1.54) is 0 Å². The minimum absolute atomic E-state index is 0. The Kier molecular flexibility index (Phi) is 7.59. The molecule has 0 bridgehead atoms. The Bertz CT molecular complexity index is 796. The standard InChI is InChI=1S/C20H25N3O3.ClH/c1-26-15-20(9-11-21-12-10-20)19(25)22-17-8-5-13-23(18(17)24)14-16-6-3-2-4-7-16;/h2-8,13,21H,9-12,14-15H2,1H3,(H,22,25);1H. The number of hydrogen-bond donors (Lipinski definition) is 2. The molecule has 0 spiro atoms. The van der Waals surface area contributed by atoms with E-state index in [0.29, 0.717) is 31.7 Å². The topological polar surface area (TPSA) is 72.4 Å². The Hall–Kier alpha value is -2.15. The smallest absolute Gasteiger partial charge is 0.274 e. The molecule has 27 heavy (non-hydrogen) atoms. The number of benzene rings is 1. The van der Waals surface area contributed by atoms with Crippen molar-refractivity contribution in [2.75, 3.05) is 32.1 Å². The van der Waals surface area contributed by atoms with E-state index < -0.39 is 5.41 Å². The first kappa shape index (κ1) is 21.2. The molecule has 3 rings (SSSR count). The van der Waals surface area contributed by atoms with Crippen molar-refractivity contribution in [3.05, 3.63) is 64.6 Å². The number of nitrogens with zero attached hydrogens (tertiary/aromatic N) is 1. The van der Waals surface area contributed by atoms with Gasteiger partial charge in [-0.3, -0.25) is 9.59 Å². The Morgan fingerprint density at radius 1 is 1.19 bits per heavy atom. The Morgan fingerprint density at radius 3 is 2.56 bits per heavy atom. The highest BCUT2D eigenvalue weighted by Gasteiger charge is 2.39. The molecule has 0 saturated carbocycles. The van der Waals surface area contributed by atoms with Crippen LogP contribution in [-0.4, -0.2) is 37.3 Å². The first-order valence-corrected chi connectivity index (χ1v) is 8.89. The van der Waals surface area contributed by atoms with E-state index in [9.17, 15) is 9.59 Å². The van der Waals surface area contributed by atoms with Crippen molar-refractivity contribution in [3.63, 3.8) is 0 Å². The molecular weight excluding hydrogens is 366 g/mol. The Morgan fingerprint density at radius 2 is 1.89 bits per heavy atom. The molecule has 7 heteroatoms. The molecule has 146 valence electrons. The zero-order valence-electron chi connectivity index (χ0n) is 15.4. The summed E-state index contributed by atoms with van der Waals surface area (Å²) in [7, 11) is 1.60. The van der Waals surface area contributed by atoms with Gasteiger partial charge in [-0.05, 0) is 43.6 Å². The monoisotopic (exact) mass is 391 g/mol. The quantitative estimate of drug-likeness (QED) is 0.792. The second-order valence-electron chi connectivity index (χ2n) is 6.76. The van der Waals surface area contributed by atoms with E-state index in [1.807, 2.05) is 30.3 Å². The van der Waals surface area contributed by atoms with Crippen LogP contribution in [0.2, 0.25) is 0 Å². The van der Waals surface area contributed by atoms with Crippen molar-refractivity contribution in [1.29, 1.82) is 0 Å². The molecule has 1 amide bonds. The van der Waals surface area contributed by atoms with Gasteiger partial charge in [-0.1, -0.05) is 30.3 Å². The minimum Gasteiger partial charge on any atom is -0.384 e. The fourth-order valence-electron chi connectivity index (χ4n) is 3.41. The summed E-state index contributed by atoms with van der Waals surface area (Å²) in [6.07, 6.45) is 3.12. The number of nitrogens with one attached hydrogen (secondary N) is 2. The number of carbonyl (C=O) groups excluding carboxylic acids is 1. The fourth-order valence-corrected chi connectivity index (χ4v) is 3.41. The molecule has 2 heterocycles. The Balaban J connectivity index is 0.00000261. The third-order valence-corrected chi connectivity index (χ3v) is 4.93. The van der Waals surface area contributed by atoms with Crippen molar-refractivity contribution in [2.45, 2.75) is 19.4 Å². The van der Waals surface area contributed by atoms with Crippen LogP contribution in [0.15, 0.2) is 53.5 Å². The van der Waals surface area contributed by atoms with Gasteiger partial charge < -0.3 is 19.9 Å². The number of pyridine rings is 1. The third-order valence-electron chi connectivity index (χ3n) is 4.93. The number of ether oxygens (including phenoxy) is 1. The van der Waals surface area contributed by atoms with Gasteiger partial charge >= 0.3 is 0 Å². The summed E-state index contributed by atoms with van der Waals surface area (Å²) in [4.78, 5) is 25.7. The van der Waals surface area contributed by atoms with Crippen LogP contribution in [0, 0.1) is 5.41 Å². The summed E-state index contributed by atoms with van der Waals surface area (Å²) < 4.78 is 6.91. The minimum atomic E-state index is -0.591. The molecule has 0 atom stereocenters. The number of methoxy groups -OCH3 is 1. The summed E-state index contributed by atoms with van der Waals surface area (Å²) in [5.74, 6) is -0.143. The zero-order valence-corrected chi connectivity index (χ0v) is 16.3. The van der Waals surface area contributed by atoms with Crippen LogP contribution in [0.1, 0.15) is 18.4 Å². The lowest BCUT2D eigenvalue weighted by Gasteiger charge is -2.35. The highest BCUT2D eigenvalue weighted by atomic mass is 35.5. The Labute approximate surface area is 165 Å². The van der Waals surface area contributed by atoms with E-state index >= 15 is 0 Å². The van der Waals surface area contributed by atoms with Crippen LogP contribution in [0.3, 0.4) is 0 Å². The lowest BCUT2D eigenvalue weighted by molar-refractivity contribution is -0.130. The van der Waals surface area contributed by atoms with Gasteiger partial charge in [0.15, 0.2) is 0 Å². The summed E-state index contributed by atoms with van der Waals surface area (Å²) in [5, 5.41) is 6.11. The van der Waals surface area contributed by atoms with E-state index in [1.54, 1.807) is 30.0 Å². The predicted molar refractivity (Wildman–Crippen MR) is 109 cm³/mol. The van der Waals surface area contributed by atoms with Crippen LogP contribution in [0.4, 0.5) is 5.69 Å². The second-order valence-corrected chi connectivity index (χ2v) is 6.76. The highest BCUT2D eigenvalue weighted by molar-refractivity contribution is 5.95. The molecule has 1 saturated heterocycles. The molecule has 2 N–H and O–H groups in total. The van der Waals surface area contributed by atoms with Crippen molar-refractivity contribution >= 4 is 24.0 Å². The van der Waals surface area contributed by atoms with Gasteiger partial charge in [0.05, 0.1) is 18.6 Å². The first-order chi connectivity index (χ1) is 12.6. The van der Waals surface area contributed by atoms with Crippen LogP contribution in [0.25, 0.3) is 0 Å². The molecular formula is C20H26ClN3O3. The largest absolute Gasteiger partial charge is 0.384 e. The van der Waals surface area contributed by atoms with E-state index in [2.05, 4.69) is 10.6 Å². The lowest BCUT2D eigenvalue weighted by Crippen LogP contribution is -2.48. The third kappa shape index (κ3) is 4.97. The number of hydrogen-bond acceptors (Lipinski definition) is 4. The number of piperidine rings is 1. The van der Waals surface area contributed by atoms with Crippen molar-refractivity contribution in [3.8, 4) is 0 Å². The van der Waals surface area contributed by atoms with Crippen LogP contribution < -0.4 is 16.2 Å². The average Bonchev–Trinajstić information content (AvgIpc) is 2.67. The summed E-state index contributed by atoms with van der Waals surface area (Å²) in [6.45, 7) is 2.36. The molecule has 1 fully saturated rings. The van der Waals surface area contributed by atoms with Crippen LogP contribution >= 0.6 is 12.4 Å². The first-order valence-electron chi connectivity index (χ1n) is 8.89. The molecule has 1 aliphatic rings. The maximum atomic E-state index is 12.9. The fraction of sp³-hybridized carbons (Fsp3) is 0.400. The van der Waals surface area contributed by atoms with Crippen LogP contribution in [0.5, 0.6) is 0 Å². The van der Waals surface area contributed by atoms with Gasteiger partial charge in [-0.15, -0.1) is 12.4 Å². The molecule has 1 aliphatic heterocycles. The lowest BCUT2D eigenvalue weighted by atomic mass is 9.78. The van der Waals surface area contributed by atoms with Gasteiger partial charge in [-0.2, -0.15) is 0 Å². The number of carbonyl (C=O) groups is 1. The van der Waals surface area contributed by atoms with E-state index in [-0.39, 0.29) is 23.9 Å². The normalized spacial score (nSPS) is 15.6. The van der Waals surface area contributed by atoms with Gasteiger partial charge in [0.2, 0.25) is 5.91 Å². The van der Waals surface area contributed by atoms with Crippen LogP contribution in [-0.2, 0) is 16.1 Å². The average molecular weight is 392 g/mol. The molecule has 0 radical (unpaired) electrons. The second kappa shape index (κ2) is 9.69.